The summed E-state index contributed by atoms with van der Waals surface area (Å²) in [5, 5.41) is 11.3. The minimum absolute atomic E-state index is 0.0202. The van der Waals surface area contributed by atoms with Crippen molar-refractivity contribution in [1.82, 2.24) is 9.88 Å². The highest BCUT2D eigenvalue weighted by Gasteiger charge is 2.24. The molecular weight excluding hydrogens is 400 g/mol. The maximum absolute atomic E-state index is 12.9. The van der Waals surface area contributed by atoms with Crippen molar-refractivity contribution in [2.24, 2.45) is 0 Å². The molecular formula is C27H26N2O3. The lowest BCUT2D eigenvalue weighted by Crippen LogP contribution is -2.38. The lowest BCUT2D eigenvalue weighted by Gasteiger charge is -2.33. The van der Waals surface area contributed by atoms with Crippen LogP contribution in [0.25, 0.3) is 22.9 Å². The summed E-state index contributed by atoms with van der Waals surface area (Å²) in [4.78, 5) is 30.4. The standard InChI is InChI=1S/C27H26N2O3/c30-19-24(31)15-13-22-9-4-10-23(28-22)14-16-27(32)29-17-5-8-21(18-29)26-12-3-7-20-6-1-2-11-25(20)26/h1-4,6-7,9-16,21,30H,5,8,17-19H2/b15-13+,16-14+. The van der Waals surface area contributed by atoms with Gasteiger partial charge in [-0.3, -0.25) is 9.59 Å². The first kappa shape index (κ1) is 21.7. The SMILES string of the molecule is O=C(/C=C/c1cccc(/C=C/C(=O)N2CCCC(c3cccc4ccccc34)C2)n1)CO. The van der Waals surface area contributed by atoms with Crippen molar-refractivity contribution in [3.63, 3.8) is 0 Å². The minimum atomic E-state index is -0.528. The molecule has 0 saturated carbocycles. The van der Waals surface area contributed by atoms with E-state index in [0.717, 1.165) is 19.4 Å². The van der Waals surface area contributed by atoms with Gasteiger partial charge in [-0.1, -0.05) is 48.5 Å². The van der Waals surface area contributed by atoms with Gasteiger partial charge in [0.1, 0.15) is 6.61 Å². The number of fused-ring (bicyclic) bond motifs is 1. The first-order valence-electron chi connectivity index (χ1n) is 10.9. The molecule has 0 bridgehead atoms. The van der Waals surface area contributed by atoms with Crippen LogP contribution in [0.1, 0.15) is 35.7 Å². The van der Waals surface area contributed by atoms with Crippen molar-refractivity contribution in [3.05, 3.63) is 89.8 Å². The van der Waals surface area contributed by atoms with Crippen LogP contribution in [0.3, 0.4) is 0 Å². The number of hydrogen-bond donors (Lipinski definition) is 1. The van der Waals surface area contributed by atoms with E-state index in [2.05, 4.69) is 47.4 Å². The van der Waals surface area contributed by atoms with E-state index in [4.69, 9.17) is 5.11 Å². The quantitative estimate of drug-likeness (QED) is 0.599. The highest BCUT2D eigenvalue weighted by molar-refractivity contribution is 5.94. The Balaban J connectivity index is 1.45. The van der Waals surface area contributed by atoms with E-state index in [1.165, 1.54) is 22.4 Å². The number of rotatable bonds is 6. The summed E-state index contributed by atoms with van der Waals surface area (Å²) in [6.45, 7) is 0.931. The first-order valence-corrected chi connectivity index (χ1v) is 10.9. The Morgan fingerprint density at radius 1 is 0.969 bits per heavy atom. The van der Waals surface area contributed by atoms with Gasteiger partial charge in [0, 0.05) is 25.1 Å². The number of carbonyl (C=O) groups is 2. The Hall–Kier alpha value is -3.57. The van der Waals surface area contributed by atoms with Gasteiger partial charge in [-0.2, -0.15) is 0 Å². The number of piperidine rings is 1. The summed E-state index contributed by atoms with van der Waals surface area (Å²) >= 11 is 0. The number of pyridine rings is 1. The minimum Gasteiger partial charge on any atom is -0.388 e. The number of amides is 1. The maximum Gasteiger partial charge on any atom is 0.246 e. The molecule has 3 aromatic rings. The topological polar surface area (TPSA) is 70.5 Å². The van der Waals surface area contributed by atoms with E-state index < -0.39 is 6.61 Å². The molecule has 1 aliphatic rings. The number of aliphatic hydroxyl groups excluding tert-OH is 1. The molecule has 0 radical (unpaired) electrons. The molecule has 162 valence electrons. The zero-order valence-corrected chi connectivity index (χ0v) is 17.9. The van der Waals surface area contributed by atoms with Gasteiger partial charge in [-0.15, -0.1) is 0 Å². The van der Waals surface area contributed by atoms with Crippen molar-refractivity contribution < 1.29 is 14.7 Å². The number of hydrogen-bond acceptors (Lipinski definition) is 4. The Labute approximate surface area is 187 Å². The molecule has 5 nitrogen and oxygen atoms in total. The highest BCUT2D eigenvalue weighted by Crippen LogP contribution is 2.32. The van der Waals surface area contributed by atoms with Crippen LogP contribution in [-0.4, -0.2) is 46.4 Å². The van der Waals surface area contributed by atoms with Crippen LogP contribution in [0.5, 0.6) is 0 Å². The number of nitrogens with zero attached hydrogens (tertiary/aromatic N) is 2. The molecule has 1 aliphatic heterocycles. The molecule has 32 heavy (non-hydrogen) atoms. The van der Waals surface area contributed by atoms with Gasteiger partial charge in [0.05, 0.1) is 11.4 Å². The van der Waals surface area contributed by atoms with Crippen LogP contribution in [0.2, 0.25) is 0 Å². The average Bonchev–Trinajstić information content (AvgIpc) is 2.85. The van der Waals surface area contributed by atoms with E-state index in [9.17, 15) is 9.59 Å². The Kier molecular flexibility index (Phi) is 6.87. The number of benzene rings is 2. The summed E-state index contributed by atoms with van der Waals surface area (Å²) in [7, 11) is 0. The third-order valence-electron chi connectivity index (χ3n) is 5.78. The fourth-order valence-electron chi connectivity index (χ4n) is 4.19. The van der Waals surface area contributed by atoms with Crippen LogP contribution in [0.15, 0.2) is 72.8 Å². The van der Waals surface area contributed by atoms with Gasteiger partial charge in [-0.05, 0) is 59.5 Å². The molecule has 1 atom stereocenters. The largest absolute Gasteiger partial charge is 0.388 e. The number of aromatic nitrogens is 1. The average molecular weight is 427 g/mol. The van der Waals surface area contributed by atoms with E-state index >= 15 is 0 Å². The van der Waals surface area contributed by atoms with Crippen molar-refractivity contribution in [2.45, 2.75) is 18.8 Å². The molecule has 5 heteroatoms. The second-order valence-electron chi connectivity index (χ2n) is 7.97. The number of carbonyl (C=O) groups excluding carboxylic acids is 2. The lowest BCUT2D eigenvalue weighted by atomic mass is 9.87. The molecule has 4 rings (SSSR count). The van der Waals surface area contributed by atoms with E-state index in [1.54, 1.807) is 24.3 Å². The van der Waals surface area contributed by atoms with Gasteiger partial charge in [0.25, 0.3) is 0 Å². The molecule has 2 aromatic carbocycles. The monoisotopic (exact) mass is 426 g/mol. The van der Waals surface area contributed by atoms with Gasteiger partial charge >= 0.3 is 0 Å². The molecule has 1 unspecified atom stereocenters. The van der Waals surface area contributed by atoms with Crippen LogP contribution < -0.4 is 0 Å². The number of ketones is 1. The van der Waals surface area contributed by atoms with Crippen LogP contribution in [0.4, 0.5) is 0 Å². The fraction of sp³-hybridized carbons (Fsp3) is 0.222. The van der Waals surface area contributed by atoms with Gasteiger partial charge in [-0.25, -0.2) is 4.98 Å². The molecule has 1 amide bonds. The van der Waals surface area contributed by atoms with Crippen molar-refractivity contribution in [1.29, 1.82) is 0 Å². The predicted molar refractivity (Wildman–Crippen MR) is 127 cm³/mol. The van der Waals surface area contributed by atoms with E-state index in [0.29, 0.717) is 23.9 Å². The van der Waals surface area contributed by atoms with Crippen molar-refractivity contribution in [3.8, 4) is 0 Å². The summed E-state index contributed by atoms with van der Waals surface area (Å²) in [6, 6.07) is 20.2. The van der Waals surface area contributed by atoms with Gasteiger partial charge in [0.2, 0.25) is 5.91 Å². The molecule has 0 aliphatic carbocycles. The third-order valence-corrected chi connectivity index (χ3v) is 5.78. The van der Waals surface area contributed by atoms with Crippen molar-refractivity contribution >= 4 is 34.6 Å². The second kappa shape index (κ2) is 10.2. The molecule has 1 fully saturated rings. The normalized spacial score (nSPS) is 16.8. The molecule has 1 N–H and O–H groups in total. The predicted octanol–water partition coefficient (Wildman–Crippen LogP) is 4.23. The van der Waals surface area contributed by atoms with Gasteiger partial charge in [0.15, 0.2) is 5.78 Å². The van der Waals surface area contributed by atoms with Crippen LogP contribution >= 0.6 is 0 Å². The molecule has 2 heterocycles. The Morgan fingerprint density at radius 2 is 1.69 bits per heavy atom. The van der Waals surface area contributed by atoms with Crippen LogP contribution in [0, 0.1) is 0 Å². The maximum atomic E-state index is 12.9. The van der Waals surface area contributed by atoms with E-state index in [1.807, 2.05) is 17.0 Å². The fourth-order valence-corrected chi connectivity index (χ4v) is 4.19. The zero-order valence-electron chi connectivity index (χ0n) is 17.9. The highest BCUT2D eigenvalue weighted by atomic mass is 16.3. The zero-order chi connectivity index (χ0) is 22.3. The first-order chi connectivity index (χ1) is 15.6. The summed E-state index contributed by atoms with van der Waals surface area (Å²) in [5.74, 6) is -0.0789. The van der Waals surface area contributed by atoms with Gasteiger partial charge < -0.3 is 10.0 Å². The summed E-state index contributed by atoms with van der Waals surface area (Å²) < 4.78 is 0. The smallest absolute Gasteiger partial charge is 0.246 e. The molecule has 1 aromatic heterocycles. The summed E-state index contributed by atoms with van der Waals surface area (Å²) in [6.07, 6.45) is 8.17. The Bertz CT molecular complexity index is 1180. The molecule has 1 saturated heterocycles. The third kappa shape index (κ3) is 5.18. The number of aliphatic hydroxyl groups is 1. The van der Waals surface area contributed by atoms with Crippen LogP contribution in [-0.2, 0) is 9.59 Å². The Morgan fingerprint density at radius 3 is 2.50 bits per heavy atom. The van der Waals surface area contributed by atoms with Crippen molar-refractivity contribution in [2.75, 3.05) is 19.7 Å². The lowest BCUT2D eigenvalue weighted by molar-refractivity contribution is -0.127. The molecule has 0 spiro atoms. The number of likely N-dealkylation sites (tertiary alicyclic amines) is 1. The van der Waals surface area contributed by atoms with E-state index in [-0.39, 0.29) is 11.7 Å². The second-order valence-corrected chi connectivity index (χ2v) is 7.97. The summed E-state index contributed by atoms with van der Waals surface area (Å²) in [5.41, 5.74) is 2.54.